The van der Waals surface area contributed by atoms with Crippen LogP contribution in [0.25, 0.3) is 65.7 Å². The van der Waals surface area contributed by atoms with Gasteiger partial charge in [0.05, 0.1) is 17.0 Å². The van der Waals surface area contributed by atoms with E-state index in [0.29, 0.717) is 5.56 Å². The minimum absolute atomic E-state index is 0.567. The number of hydrogen-bond donors (Lipinski definition) is 0. The molecule has 1 spiro atoms. The highest BCUT2D eigenvalue weighted by Crippen LogP contribution is 2.62. The molecular weight excluding hydrogens is 647 g/mol. The smallest absolute Gasteiger partial charge is 0.0991 e. The Kier molecular flexibility index (Phi) is 6.23. The van der Waals surface area contributed by atoms with Crippen molar-refractivity contribution < 1.29 is 0 Å². The summed E-state index contributed by atoms with van der Waals surface area (Å²) in [6, 6.07) is 66.9. The van der Waals surface area contributed by atoms with E-state index in [4.69, 9.17) is 0 Å². The van der Waals surface area contributed by atoms with Gasteiger partial charge in [0.2, 0.25) is 0 Å². The van der Waals surface area contributed by atoms with E-state index in [-0.39, 0.29) is 0 Å². The Hall–Kier alpha value is -6.40. The summed E-state index contributed by atoms with van der Waals surface area (Å²) >= 11 is 1.81. The zero-order chi connectivity index (χ0) is 34.4. The fourth-order valence-corrected chi connectivity index (χ4v) is 10.4. The van der Waals surface area contributed by atoms with Gasteiger partial charge in [0, 0.05) is 9.79 Å². The maximum Gasteiger partial charge on any atom is 0.0991 e. The Morgan fingerprint density at radius 1 is 0.404 bits per heavy atom. The number of fused-ring (bicyclic) bond motifs is 12. The third kappa shape index (κ3) is 3.95. The van der Waals surface area contributed by atoms with Gasteiger partial charge in [-0.25, -0.2) is 0 Å². The molecule has 0 radical (unpaired) electrons. The van der Waals surface area contributed by atoms with Crippen molar-refractivity contribution in [1.29, 1.82) is 5.26 Å². The van der Waals surface area contributed by atoms with Crippen LogP contribution in [0.2, 0.25) is 0 Å². The van der Waals surface area contributed by atoms with E-state index in [9.17, 15) is 5.26 Å². The summed E-state index contributed by atoms with van der Waals surface area (Å²) in [7, 11) is 0. The zero-order valence-corrected chi connectivity index (χ0v) is 28.9. The van der Waals surface area contributed by atoms with Crippen molar-refractivity contribution in [3.8, 4) is 39.4 Å². The van der Waals surface area contributed by atoms with Crippen molar-refractivity contribution in [2.75, 3.05) is 0 Å². The van der Waals surface area contributed by atoms with Crippen molar-refractivity contribution in [2.24, 2.45) is 0 Å². The molecule has 1 heterocycles. The monoisotopic (exact) mass is 675 g/mol. The highest BCUT2D eigenvalue weighted by molar-refractivity contribution is 7.99. The Labute approximate surface area is 306 Å². The molecule has 0 N–H and O–H groups in total. The topological polar surface area (TPSA) is 23.8 Å². The largest absolute Gasteiger partial charge is 0.192 e. The molecule has 0 amide bonds. The van der Waals surface area contributed by atoms with Crippen LogP contribution in [0, 0.1) is 11.3 Å². The number of rotatable bonds is 2. The number of nitriles is 1. The first kappa shape index (κ1) is 29.3. The lowest BCUT2D eigenvalue weighted by molar-refractivity contribution is 0.722. The van der Waals surface area contributed by atoms with Gasteiger partial charge in [-0.3, -0.25) is 0 Å². The van der Waals surface area contributed by atoms with Gasteiger partial charge < -0.3 is 0 Å². The number of nitrogens with zero attached hydrogens (tertiary/aromatic N) is 1. The summed E-state index contributed by atoms with van der Waals surface area (Å²) in [5.41, 5.74) is 12.5. The van der Waals surface area contributed by atoms with Crippen LogP contribution in [0.15, 0.2) is 186 Å². The van der Waals surface area contributed by atoms with E-state index in [0.717, 1.165) is 0 Å². The van der Waals surface area contributed by atoms with Crippen molar-refractivity contribution in [2.45, 2.75) is 15.2 Å². The first-order valence-electron chi connectivity index (χ1n) is 17.7. The van der Waals surface area contributed by atoms with Gasteiger partial charge in [-0.05, 0) is 124 Å². The average molecular weight is 676 g/mol. The molecule has 0 saturated heterocycles. The third-order valence-corrected chi connectivity index (χ3v) is 12.5. The molecule has 11 rings (SSSR count). The summed E-state index contributed by atoms with van der Waals surface area (Å²) in [6.45, 7) is 0. The minimum Gasteiger partial charge on any atom is -0.192 e. The van der Waals surface area contributed by atoms with Gasteiger partial charge >= 0.3 is 0 Å². The Morgan fingerprint density at radius 3 is 1.50 bits per heavy atom. The summed E-state index contributed by atoms with van der Waals surface area (Å²) in [6.07, 6.45) is 0. The van der Waals surface area contributed by atoms with Crippen LogP contribution < -0.4 is 0 Å². The maximum absolute atomic E-state index is 10.2. The lowest BCUT2D eigenvalue weighted by atomic mass is 9.66. The highest BCUT2D eigenvalue weighted by atomic mass is 32.2. The second kappa shape index (κ2) is 11.0. The van der Waals surface area contributed by atoms with Crippen LogP contribution in [0.3, 0.4) is 0 Å². The third-order valence-electron chi connectivity index (χ3n) is 11.3. The quantitative estimate of drug-likeness (QED) is 0.170. The molecule has 1 aliphatic carbocycles. The Balaban J connectivity index is 1.24. The van der Waals surface area contributed by atoms with E-state index >= 15 is 0 Å². The molecule has 0 unspecified atom stereocenters. The maximum atomic E-state index is 10.2. The first-order chi connectivity index (χ1) is 25.7. The minimum atomic E-state index is -0.567. The molecule has 1 aliphatic heterocycles. The molecule has 2 aliphatic rings. The molecule has 52 heavy (non-hydrogen) atoms. The van der Waals surface area contributed by atoms with Crippen LogP contribution in [0.5, 0.6) is 0 Å². The van der Waals surface area contributed by atoms with Gasteiger partial charge in [0.25, 0.3) is 0 Å². The first-order valence-corrected chi connectivity index (χ1v) is 18.5. The van der Waals surface area contributed by atoms with Gasteiger partial charge in [-0.2, -0.15) is 5.26 Å². The molecule has 240 valence electrons. The molecule has 0 saturated carbocycles. The van der Waals surface area contributed by atoms with Crippen molar-refractivity contribution in [3.63, 3.8) is 0 Å². The second-order valence-corrected chi connectivity index (χ2v) is 15.0. The summed E-state index contributed by atoms with van der Waals surface area (Å²) < 4.78 is 0. The van der Waals surface area contributed by atoms with Crippen molar-refractivity contribution >= 4 is 44.1 Å². The van der Waals surface area contributed by atoms with Gasteiger partial charge in [0.15, 0.2) is 0 Å². The van der Waals surface area contributed by atoms with Gasteiger partial charge in [-0.1, -0.05) is 151 Å². The lowest BCUT2D eigenvalue weighted by Gasteiger charge is -2.40. The Morgan fingerprint density at radius 2 is 0.885 bits per heavy atom. The van der Waals surface area contributed by atoms with E-state index in [2.05, 4.69) is 176 Å². The fraction of sp³-hybridized carbons (Fsp3) is 0.0200. The SMILES string of the molecule is N#Cc1ccc2c(c1)C1(c3cc(-c4c5ccccc5c(-c5ccc6ccccc6c5)c5ccccc45)ccc3S2)c2ccccc2-c2ccccc21. The molecule has 9 aromatic carbocycles. The van der Waals surface area contributed by atoms with Crippen molar-refractivity contribution in [1.82, 2.24) is 0 Å². The molecule has 9 aromatic rings. The molecule has 1 nitrogen and oxygen atoms in total. The highest BCUT2D eigenvalue weighted by Gasteiger charge is 2.50. The predicted octanol–water partition coefficient (Wildman–Crippen LogP) is 13.2. The second-order valence-electron chi connectivity index (χ2n) is 13.9. The molecule has 0 atom stereocenters. The lowest BCUT2D eigenvalue weighted by Crippen LogP contribution is -2.32. The standard InChI is InChI=1S/C50H29NS/c51-30-31-21-25-46-44(27-31)50(42-19-9-7-13-36(42)37-14-8-10-20-43(37)50)45-29-35(24-26-47(45)52-46)49-40-17-5-3-15-38(40)48(39-16-4-6-18-41(39)49)34-23-22-32-11-1-2-12-33(32)28-34/h1-29H. The fourth-order valence-electron chi connectivity index (χ4n) is 9.22. The molecule has 0 bridgehead atoms. The number of hydrogen-bond acceptors (Lipinski definition) is 2. The molecular formula is C50H29NS. The normalized spacial score (nSPS) is 13.4. The van der Waals surface area contributed by atoms with Crippen LogP contribution in [0.1, 0.15) is 27.8 Å². The number of benzene rings is 9. The van der Waals surface area contributed by atoms with E-state index in [1.165, 1.54) is 97.7 Å². The van der Waals surface area contributed by atoms with E-state index < -0.39 is 5.41 Å². The van der Waals surface area contributed by atoms with Crippen LogP contribution >= 0.6 is 11.8 Å². The van der Waals surface area contributed by atoms with Gasteiger partial charge in [-0.15, -0.1) is 0 Å². The van der Waals surface area contributed by atoms with Crippen LogP contribution in [0.4, 0.5) is 0 Å². The predicted molar refractivity (Wildman–Crippen MR) is 216 cm³/mol. The van der Waals surface area contributed by atoms with Crippen molar-refractivity contribution in [3.05, 3.63) is 204 Å². The molecule has 0 fully saturated rings. The molecule has 2 heteroatoms. The van der Waals surface area contributed by atoms with E-state index in [1.807, 2.05) is 17.8 Å². The summed E-state index contributed by atoms with van der Waals surface area (Å²) in [4.78, 5) is 2.44. The summed E-state index contributed by atoms with van der Waals surface area (Å²) in [5.74, 6) is 0. The van der Waals surface area contributed by atoms with Gasteiger partial charge in [0.1, 0.15) is 0 Å². The zero-order valence-electron chi connectivity index (χ0n) is 28.1. The van der Waals surface area contributed by atoms with Crippen LogP contribution in [-0.4, -0.2) is 0 Å². The molecule has 0 aromatic heterocycles. The summed E-state index contributed by atoms with van der Waals surface area (Å²) in [5, 5.41) is 17.6. The average Bonchev–Trinajstić information content (AvgIpc) is 3.50. The Bertz CT molecular complexity index is 2920. The van der Waals surface area contributed by atoms with Crippen LogP contribution in [-0.2, 0) is 5.41 Å². The van der Waals surface area contributed by atoms with E-state index in [1.54, 1.807) is 0 Å².